The van der Waals surface area contributed by atoms with E-state index in [4.69, 9.17) is 10.5 Å². The number of benzene rings is 1. The van der Waals surface area contributed by atoms with Crippen molar-refractivity contribution in [2.45, 2.75) is 51.4 Å². The molecule has 0 saturated heterocycles. The molecule has 3 atom stereocenters. The number of alkyl halides is 3. The van der Waals surface area contributed by atoms with E-state index in [1.54, 1.807) is 24.3 Å². The van der Waals surface area contributed by atoms with E-state index in [0.29, 0.717) is 0 Å². The van der Waals surface area contributed by atoms with Crippen molar-refractivity contribution < 1.29 is 17.9 Å². The van der Waals surface area contributed by atoms with Gasteiger partial charge in [-0.05, 0) is 30.9 Å². The van der Waals surface area contributed by atoms with Crippen LogP contribution < -0.4 is 10.5 Å². The fourth-order valence-corrected chi connectivity index (χ4v) is 1.82. The minimum atomic E-state index is -4.48. The molecule has 0 amide bonds. The lowest BCUT2D eigenvalue weighted by Gasteiger charge is -2.26. The number of para-hydroxylation sites is 1. The van der Waals surface area contributed by atoms with Gasteiger partial charge in [0.2, 0.25) is 6.10 Å². The van der Waals surface area contributed by atoms with Gasteiger partial charge in [-0.15, -0.1) is 0 Å². The lowest BCUT2D eigenvalue weighted by molar-refractivity contribution is -0.199. The van der Waals surface area contributed by atoms with Crippen LogP contribution in [0.4, 0.5) is 13.2 Å². The van der Waals surface area contributed by atoms with Crippen LogP contribution in [0.5, 0.6) is 5.75 Å². The monoisotopic (exact) mass is 275 g/mol. The SMILES string of the molecule is CCC(C)c1ccccc1OC(C(C)N)C(F)(F)F. The smallest absolute Gasteiger partial charge is 0.426 e. The molecule has 2 nitrogen and oxygen atoms in total. The van der Waals surface area contributed by atoms with Crippen LogP contribution in [0.25, 0.3) is 0 Å². The van der Waals surface area contributed by atoms with E-state index in [1.807, 2.05) is 13.8 Å². The summed E-state index contributed by atoms with van der Waals surface area (Å²) in [5, 5.41) is 0. The minimum absolute atomic E-state index is 0.137. The zero-order valence-electron chi connectivity index (χ0n) is 11.4. The summed E-state index contributed by atoms with van der Waals surface area (Å²) in [6, 6.07) is 5.68. The summed E-state index contributed by atoms with van der Waals surface area (Å²) >= 11 is 0. The maximum absolute atomic E-state index is 12.9. The average molecular weight is 275 g/mol. The predicted octanol–water partition coefficient (Wildman–Crippen LogP) is 3.86. The molecule has 19 heavy (non-hydrogen) atoms. The first-order chi connectivity index (χ1) is 8.77. The molecule has 0 aliphatic heterocycles. The maximum atomic E-state index is 12.9. The lowest BCUT2D eigenvalue weighted by atomic mass is 9.97. The van der Waals surface area contributed by atoms with Crippen LogP contribution in [-0.4, -0.2) is 18.3 Å². The second kappa shape index (κ2) is 6.28. The van der Waals surface area contributed by atoms with E-state index in [-0.39, 0.29) is 11.7 Å². The van der Waals surface area contributed by atoms with Gasteiger partial charge in [-0.2, -0.15) is 13.2 Å². The van der Waals surface area contributed by atoms with Crippen molar-refractivity contribution in [2.75, 3.05) is 0 Å². The molecule has 0 fully saturated rings. The molecule has 1 aromatic rings. The first-order valence-corrected chi connectivity index (χ1v) is 6.35. The van der Waals surface area contributed by atoms with Crippen LogP contribution in [0.2, 0.25) is 0 Å². The van der Waals surface area contributed by atoms with Gasteiger partial charge in [-0.1, -0.05) is 32.0 Å². The molecule has 0 bridgehead atoms. The topological polar surface area (TPSA) is 35.2 Å². The summed E-state index contributed by atoms with van der Waals surface area (Å²) in [6.45, 7) is 5.23. The predicted molar refractivity (Wildman–Crippen MR) is 69.3 cm³/mol. The Bertz CT molecular complexity index is 404. The van der Waals surface area contributed by atoms with Crippen molar-refractivity contribution in [3.63, 3.8) is 0 Å². The third-order valence-corrected chi connectivity index (χ3v) is 3.12. The van der Waals surface area contributed by atoms with Crippen molar-refractivity contribution in [1.82, 2.24) is 0 Å². The Hall–Kier alpha value is -1.23. The van der Waals surface area contributed by atoms with Gasteiger partial charge in [-0.3, -0.25) is 0 Å². The molecular weight excluding hydrogens is 255 g/mol. The van der Waals surface area contributed by atoms with E-state index >= 15 is 0 Å². The zero-order valence-corrected chi connectivity index (χ0v) is 11.4. The van der Waals surface area contributed by atoms with Gasteiger partial charge in [-0.25, -0.2) is 0 Å². The van der Waals surface area contributed by atoms with Gasteiger partial charge in [0.15, 0.2) is 0 Å². The van der Waals surface area contributed by atoms with Crippen LogP contribution in [0.1, 0.15) is 38.7 Å². The molecule has 0 heterocycles. The second-order valence-corrected chi connectivity index (χ2v) is 4.79. The summed E-state index contributed by atoms with van der Waals surface area (Å²) in [4.78, 5) is 0. The molecule has 0 spiro atoms. The molecule has 1 aromatic carbocycles. The third kappa shape index (κ3) is 4.13. The molecule has 0 aromatic heterocycles. The number of nitrogens with two attached hydrogens (primary N) is 1. The fraction of sp³-hybridized carbons (Fsp3) is 0.571. The van der Waals surface area contributed by atoms with Crippen LogP contribution in [0, 0.1) is 0 Å². The number of rotatable bonds is 5. The highest BCUT2D eigenvalue weighted by Crippen LogP contribution is 2.32. The van der Waals surface area contributed by atoms with Gasteiger partial charge in [0.1, 0.15) is 5.75 Å². The van der Waals surface area contributed by atoms with E-state index < -0.39 is 18.3 Å². The number of ether oxygens (including phenoxy) is 1. The quantitative estimate of drug-likeness (QED) is 0.885. The van der Waals surface area contributed by atoms with Gasteiger partial charge in [0.25, 0.3) is 0 Å². The van der Waals surface area contributed by atoms with Gasteiger partial charge in [0, 0.05) is 6.04 Å². The molecule has 5 heteroatoms. The molecule has 108 valence electrons. The van der Waals surface area contributed by atoms with Gasteiger partial charge < -0.3 is 10.5 Å². The van der Waals surface area contributed by atoms with E-state index in [2.05, 4.69) is 0 Å². The zero-order chi connectivity index (χ0) is 14.6. The maximum Gasteiger partial charge on any atom is 0.426 e. The number of halogens is 3. The first kappa shape index (κ1) is 15.8. The summed E-state index contributed by atoms with van der Waals surface area (Å²) in [7, 11) is 0. The number of hydrogen-bond donors (Lipinski definition) is 1. The minimum Gasteiger partial charge on any atom is -0.479 e. The van der Waals surface area contributed by atoms with E-state index in [9.17, 15) is 13.2 Å². The molecule has 0 aliphatic carbocycles. The van der Waals surface area contributed by atoms with Crippen LogP contribution in [0.15, 0.2) is 24.3 Å². The molecule has 3 unspecified atom stereocenters. The molecule has 0 aliphatic rings. The Balaban J connectivity index is 3.03. The lowest BCUT2D eigenvalue weighted by Crippen LogP contribution is -2.47. The summed E-state index contributed by atoms with van der Waals surface area (Å²) in [6.07, 6.45) is -5.64. The largest absolute Gasteiger partial charge is 0.479 e. The van der Waals surface area contributed by atoms with Crippen molar-refractivity contribution in [1.29, 1.82) is 0 Å². The van der Waals surface area contributed by atoms with Crippen molar-refractivity contribution >= 4 is 0 Å². The van der Waals surface area contributed by atoms with Crippen LogP contribution in [-0.2, 0) is 0 Å². The van der Waals surface area contributed by atoms with Crippen molar-refractivity contribution in [2.24, 2.45) is 5.73 Å². The number of hydrogen-bond acceptors (Lipinski definition) is 2. The van der Waals surface area contributed by atoms with Crippen molar-refractivity contribution in [3.05, 3.63) is 29.8 Å². The summed E-state index contributed by atoms with van der Waals surface area (Å²) in [5.41, 5.74) is 6.16. The van der Waals surface area contributed by atoms with Gasteiger partial charge >= 0.3 is 6.18 Å². The molecule has 2 N–H and O–H groups in total. The fourth-order valence-electron chi connectivity index (χ4n) is 1.82. The standard InChI is InChI=1S/C14H20F3NO/c1-4-9(2)11-7-5-6-8-12(11)19-13(10(3)18)14(15,16)17/h5-10,13H,4,18H2,1-3H3. The molecule has 0 saturated carbocycles. The molecule has 0 radical (unpaired) electrons. The van der Waals surface area contributed by atoms with Crippen LogP contribution in [0.3, 0.4) is 0 Å². The Kier molecular flexibility index (Phi) is 5.23. The second-order valence-electron chi connectivity index (χ2n) is 4.79. The molecule has 1 rings (SSSR count). The average Bonchev–Trinajstić information content (AvgIpc) is 2.33. The third-order valence-electron chi connectivity index (χ3n) is 3.12. The Morgan fingerprint density at radius 1 is 1.21 bits per heavy atom. The highest BCUT2D eigenvalue weighted by molar-refractivity contribution is 5.36. The highest BCUT2D eigenvalue weighted by Gasteiger charge is 2.44. The molecular formula is C14H20F3NO. The first-order valence-electron chi connectivity index (χ1n) is 6.35. The van der Waals surface area contributed by atoms with E-state index in [1.165, 1.54) is 6.92 Å². The van der Waals surface area contributed by atoms with Crippen molar-refractivity contribution in [3.8, 4) is 5.75 Å². The Morgan fingerprint density at radius 3 is 2.26 bits per heavy atom. The van der Waals surface area contributed by atoms with E-state index in [0.717, 1.165) is 12.0 Å². The highest BCUT2D eigenvalue weighted by atomic mass is 19.4. The van der Waals surface area contributed by atoms with Crippen LogP contribution >= 0.6 is 0 Å². The Labute approximate surface area is 111 Å². The summed E-state index contributed by atoms with van der Waals surface area (Å²) < 4.78 is 43.7. The van der Waals surface area contributed by atoms with Gasteiger partial charge in [0.05, 0.1) is 0 Å². The normalized spacial score (nSPS) is 16.8. The Morgan fingerprint density at radius 2 is 1.79 bits per heavy atom. The summed E-state index contributed by atoms with van der Waals surface area (Å²) in [5.74, 6) is 0.398.